The average Bonchev–Trinajstić information content (AvgIpc) is 3.96. The third kappa shape index (κ3) is 7.88. The summed E-state index contributed by atoms with van der Waals surface area (Å²) in [7, 11) is 0. The second-order valence-corrected chi connectivity index (χ2v) is 15.9. The van der Waals surface area contributed by atoms with Crippen molar-refractivity contribution in [1.29, 1.82) is 5.41 Å². The number of ether oxygens (including phenoxy) is 5. The Bertz CT molecular complexity index is 2390. The van der Waals surface area contributed by atoms with Crippen LogP contribution in [-0.2, 0) is 22.6 Å². The van der Waals surface area contributed by atoms with Crippen LogP contribution in [0.3, 0.4) is 0 Å². The van der Waals surface area contributed by atoms with Gasteiger partial charge in [0.2, 0.25) is 12.0 Å². The predicted octanol–water partition coefficient (Wildman–Crippen LogP) is 5.10. The zero-order valence-electron chi connectivity index (χ0n) is 33.8. The number of carboxylic acid groups (broad SMARTS) is 1. The molecule has 0 spiro atoms. The number of aliphatic hydroxyl groups is 4. The maximum Gasteiger partial charge on any atom is 0.336 e. The minimum Gasteiger partial charge on any atom is -0.508 e. The van der Waals surface area contributed by atoms with Crippen molar-refractivity contribution in [3.8, 4) is 34.5 Å². The summed E-state index contributed by atoms with van der Waals surface area (Å²) in [5.74, 6) is -2.70. The van der Waals surface area contributed by atoms with Gasteiger partial charge in [-0.1, -0.05) is 44.4 Å². The lowest BCUT2D eigenvalue weighted by Gasteiger charge is -2.57. The van der Waals surface area contributed by atoms with Gasteiger partial charge in [0, 0.05) is 29.7 Å². The van der Waals surface area contributed by atoms with Gasteiger partial charge < -0.3 is 59.4 Å². The van der Waals surface area contributed by atoms with E-state index in [2.05, 4.69) is 15.0 Å². The fourth-order valence-electron chi connectivity index (χ4n) is 9.00. The number of phenolic OH excluding ortho intramolecular Hbond substituents is 2. The molecule has 3 aromatic rings. The zero-order valence-corrected chi connectivity index (χ0v) is 33.8. The molecule has 1 aliphatic carbocycles. The van der Waals surface area contributed by atoms with Gasteiger partial charge in [0.05, 0.1) is 18.9 Å². The standard InChI is InChI=1S/C45H48N4O13/c1-2-24-16-25(18-28(50)17-24)22-59-39-33(61-43-38(53)40(54)45(57,41(62-43)42(55)56)44(13-4-3-5-14-44)34-21-47-23-48-34)20-32-36(37(39)52)30(51)19-31(60-32)26-6-9-29(10-7-26)58-15-12-27-8-11-35(46)49-27/h6-11,16-20,23,31,38,40-41,43,46,50-54,57H,2-5,12-15,21-22H2,1H3,(H,55,56). The molecule has 6 unspecified atom stereocenters. The van der Waals surface area contributed by atoms with Gasteiger partial charge in [-0.15, -0.1) is 0 Å². The van der Waals surface area contributed by atoms with Crippen LogP contribution in [0.2, 0.25) is 0 Å². The lowest BCUT2D eigenvalue weighted by molar-refractivity contribution is -0.326. The van der Waals surface area contributed by atoms with Crippen molar-refractivity contribution < 1.29 is 64.2 Å². The van der Waals surface area contributed by atoms with Crippen LogP contribution >= 0.6 is 0 Å². The number of fused-ring (bicyclic) bond motifs is 1. The number of phenols is 2. The summed E-state index contributed by atoms with van der Waals surface area (Å²) >= 11 is 0. The molecule has 326 valence electrons. The Kier molecular flexibility index (Phi) is 11.8. The van der Waals surface area contributed by atoms with E-state index in [1.807, 2.05) is 6.92 Å². The number of amidine groups is 1. The van der Waals surface area contributed by atoms with E-state index in [4.69, 9.17) is 29.1 Å². The molecule has 0 bridgehead atoms. The van der Waals surface area contributed by atoms with Crippen LogP contribution in [0.4, 0.5) is 0 Å². The molecule has 8 rings (SSSR count). The average molecular weight is 853 g/mol. The van der Waals surface area contributed by atoms with Crippen LogP contribution in [0, 0.1) is 10.8 Å². The van der Waals surface area contributed by atoms with Gasteiger partial charge in [0.25, 0.3) is 0 Å². The maximum absolute atomic E-state index is 13.1. The van der Waals surface area contributed by atoms with Gasteiger partial charge in [-0.2, -0.15) is 0 Å². The molecule has 6 atom stereocenters. The number of aromatic hydroxyl groups is 2. The second kappa shape index (κ2) is 17.2. The molecule has 8 N–H and O–H groups in total. The van der Waals surface area contributed by atoms with Crippen molar-refractivity contribution in [1.82, 2.24) is 0 Å². The van der Waals surface area contributed by atoms with Crippen LogP contribution in [-0.4, -0.2) is 109 Å². The van der Waals surface area contributed by atoms with Crippen molar-refractivity contribution >= 4 is 35.3 Å². The molecular formula is C45H48N4O13. The Labute approximate surface area is 356 Å². The number of aryl methyl sites for hydroxylation is 1. The SMILES string of the molecule is CCc1cc(O)cc(COc2c(OC3OC(C(=O)O)C(O)(C4(C5=NC=NC5)CCCCC4)C(O)C3O)cc3c(c2O)C(O)=CC(c2ccc(OCCC4=NC(=N)C=C4)cc2)O3)c1. The van der Waals surface area contributed by atoms with Crippen molar-refractivity contribution in [3.63, 3.8) is 0 Å². The first-order valence-corrected chi connectivity index (χ1v) is 20.5. The zero-order chi connectivity index (χ0) is 43.8. The maximum atomic E-state index is 13.1. The fraction of sp³-hybridized carbons (Fsp3) is 0.400. The lowest BCUT2D eigenvalue weighted by atomic mass is 9.55. The fourth-order valence-corrected chi connectivity index (χ4v) is 9.00. The largest absolute Gasteiger partial charge is 0.508 e. The third-order valence-corrected chi connectivity index (χ3v) is 12.1. The molecule has 0 radical (unpaired) electrons. The highest BCUT2D eigenvalue weighted by Gasteiger charge is 2.69. The van der Waals surface area contributed by atoms with Gasteiger partial charge in [0.1, 0.15) is 71.3 Å². The number of nitrogens with zero attached hydrogens (tertiary/aromatic N) is 3. The summed E-state index contributed by atoms with van der Waals surface area (Å²) in [6.07, 6.45) is 0.513. The number of rotatable bonds is 14. The number of hydrogen-bond acceptors (Lipinski definition) is 15. The van der Waals surface area contributed by atoms with Crippen LogP contribution < -0.4 is 18.9 Å². The minimum absolute atomic E-state index is 0.0157. The molecule has 1 saturated carbocycles. The van der Waals surface area contributed by atoms with E-state index in [9.17, 15) is 40.5 Å². The molecule has 5 aliphatic rings. The number of hydrogen-bond donors (Lipinski definition) is 8. The van der Waals surface area contributed by atoms with Crippen molar-refractivity contribution in [2.75, 3.05) is 13.2 Å². The molecule has 17 nitrogen and oxygen atoms in total. The summed E-state index contributed by atoms with van der Waals surface area (Å²) in [6, 6.07) is 13.0. The van der Waals surface area contributed by atoms with Crippen molar-refractivity contribution in [3.05, 3.63) is 89.0 Å². The van der Waals surface area contributed by atoms with E-state index in [0.29, 0.717) is 54.9 Å². The summed E-state index contributed by atoms with van der Waals surface area (Å²) in [5.41, 5.74) is -1.11. The quantitative estimate of drug-likeness (QED) is 0.105. The Hall–Kier alpha value is -6.27. The number of aliphatic carboxylic acids is 1. The summed E-state index contributed by atoms with van der Waals surface area (Å²) in [5, 5.41) is 87.8. The Morgan fingerprint density at radius 3 is 2.42 bits per heavy atom. The first kappa shape index (κ1) is 42.4. The Morgan fingerprint density at radius 1 is 0.984 bits per heavy atom. The number of nitrogens with one attached hydrogen (secondary N) is 1. The van der Waals surface area contributed by atoms with Gasteiger partial charge in [-0.25, -0.2) is 14.8 Å². The molecule has 62 heavy (non-hydrogen) atoms. The summed E-state index contributed by atoms with van der Waals surface area (Å²) < 4.78 is 30.3. The highest BCUT2D eigenvalue weighted by Crippen LogP contribution is 2.55. The Morgan fingerprint density at radius 2 is 1.74 bits per heavy atom. The number of benzene rings is 3. The second-order valence-electron chi connectivity index (χ2n) is 15.9. The molecule has 2 fully saturated rings. The van der Waals surface area contributed by atoms with Crippen molar-refractivity contribution in [2.45, 2.75) is 94.8 Å². The summed E-state index contributed by atoms with van der Waals surface area (Å²) in [6.45, 7) is 2.08. The van der Waals surface area contributed by atoms with Gasteiger partial charge in [0.15, 0.2) is 17.6 Å². The third-order valence-electron chi connectivity index (χ3n) is 12.1. The molecule has 0 amide bonds. The topological polar surface area (TPSA) is 266 Å². The van der Waals surface area contributed by atoms with Crippen LogP contribution in [0.1, 0.15) is 73.8 Å². The van der Waals surface area contributed by atoms with Gasteiger partial charge in [-0.05, 0) is 72.4 Å². The molecule has 3 aromatic carbocycles. The first-order valence-electron chi connectivity index (χ1n) is 20.5. The van der Waals surface area contributed by atoms with Crippen LogP contribution in [0.5, 0.6) is 34.5 Å². The number of allylic oxidation sites excluding steroid dienone is 1. The normalized spacial score (nSPS) is 26.2. The van der Waals surface area contributed by atoms with E-state index in [1.165, 1.54) is 24.5 Å². The predicted molar refractivity (Wildman–Crippen MR) is 225 cm³/mol. The minimum atomic E-state index is -2.57. The first-order chi connectivity index (χ1) is 29.8. The number of carbonyl (C=O) groups is 1. The number of aliphatic hydroxyl groups excluding tert-OH is 3. The number of aliphatic imine (C=N–C) groups is 3. The molecule has 4 aliphatic heterocycles. The number of carboxylic acids is 1. The van der Waals surface area contributed by atoms with E-state index in [1.54, 1.807) is 48.6 Å². The highest BCUT2D eigenvalue weighted by atomic mass is 16.7. The lowest BCUT2D eigenvalue weighted by Crippen LogP contribution is -2.76. The van der Waals surface area contributed by atoms with E-state index >= 15 is 0 Å². The molecule has 0 aromatic heterocycles. The van der Waals surface area contributed by atoms with Crippen molar-refractivity contribution in [2.24, 2.45) is 20.4 Å². The van der Waals surface area contributed by atoms with E-state index in [-0.39, 0.29) is 66.1 Å². The van der Waals surface area contributed by atoms with Crippen LogP contribution in [0.15, 0.2) is 81.7 Å². The molecule has 1 saturated heterocycles. The summed E-state index contributed by atoms with van der Waals surface area (Å²) in [4.78, 5) is 25.7. The van der Waals surface area contributed by atoms with Gasteiger partial charge in [-0.3, -0.25) is 10.4 Å². The van der Waals surface area contributed by atoms with E-state index in [0.717, 1.165) is 17.7 Å². The molecular weight excluding hydrogens is 805 g/mol. The van der Waals surface area contributed by atoms with Gasteiger partial charge >= 0.3 is 5.97 Å². The van der Waals surface area contributed by atoms with Crippen LogP contribution in [0.25, 0.3) is 5.76 Å². The van der Waals surface area contributed by atoms with E-state index < -0.39 is 53.4 Å². The molecule has 17 heteroatoms. The smallest absolute Gasteiger partial charge is 0.336 e. The molecule has 4 heterocycles. The monoisotopic (exact) mass is 852 g/mol. The highest BCUT2D eigenvalue weighted by molar-refractivity contribution is 6.14. The Balaban J connectivity index is 1.10.